The van der Waals surface area contributed by atoms with Crippen molar-refractivity contribution < 1.29 is 0 Å². The second-order valence-electron chi connectivity index (χ2n) is 6.61. The first-order valence-corrected chi connectivity index (χ1v) is 8.39. The molecule has 0 aliphatic heterocycles. The maximum absolute atomic E-state index is 4.67. The van der Waals surface area contributed by atoms with Crippen molar-refractivity contribution in [1.29, 1.82) is 0 Å². The van der Waals surface area contributed by atoms with E-state index in [0.29, 0.717) is 16.7 Å². The molecular formula is C16H27N3S. The van der Waals surface area contributed by atoms with Crippen LogP contribution >= 0.6 is 11.8 Å². The molecule has 20 heavy (non-hydrogen) atoms. The van der Waals surface area contributed by atoms with Gasteiger partial charge in [0, 0.05) is 22.7 Å². The van der Waals surface area contributed by atoms with Crippen LogP contribution in [0.1, 0.15) is 50.1 Å². The maximum Gasteiger partial charge on any atom is 0.188 e. The third-order valence-electron chi connectivity index (χ3n) is 4.70. The van der Waals surface area contributed by atoms with Crippen LogP contribution < -0.4 is 5.32 Å². The predicted octanol–water partition coefficient (Wildman–Crippen LogP) is 3.66. The third kappa shape index (κ3) is 3.17. The number of hydrogen-bond acceptors (Lipinski definition) is 4. The summed E-state index contributed by atoms with van der Waals surface area (Å²) in [4.78, 5) is 9.34. The Balaban J connectivity index is 2.20. The van der Waals surface area contributed by atoms with Crippen molar-refractivity contribution in [3.05, 3.63) is 17.0 Å². The van der Waals surface area contributed by atoms with E-state index in [1.54, 1.807) is 0 Å². The molecule has 0 bridgehead atoms. The Morgan fingerprint density at radius 3 is 2.30 bits per heavy atom. The van der Waals surface area contributed by atoms with Gasteiger partial charge in [0.25, 0.3) is 0 Å². The smallest absolute Gasteiger partial charge is 0.188 e. The van der Waals surface area contributed by atoms with Crippen molar-refractivity contribution in [2.45, 2.75) is 70.3 Å². The van der Waals surface area contributed by atoms with Crippen LogP contribution in [0.5, 0.6) is 0 Å². The molecule has 1 fully saturated rings. The fraction of sp³-hybridized carbons (Fsp3) is 0.750. The Bertz CT molecular complexity index is 462. The highest BCUT2D eigenvalue weighted by molar-refractivity contribution is 7.99. The van der Waals surface area contributed by atoms with E-state index in [1.807, 2.05) is 11.8 Å². The lowest BCUT2D eigenvalue weighted by Gasteiger charge is -2.43. The number of aryl methyl sites for hydroxylation is 2. The Morgan fingerprint density at radius 2 is 1.75 bits per heavy atom. The highest BCUT2D eigenvalue weighted by Gasteiger charge is 2.38. The van der Waals surface area contributed by atoms with Gasteiger partial charge in [0.15, 0.2) is 5.16 Å². The summed E-state index contributed by atoms with van der Waals surface area (Å²) in [5.74, 6) is 0. The molecule has 2 atom stereocenters. The minimum Gasteiger partial charge on any atom is -0.315 e. The molecule has 0 aromatic carbocycles. The largest absolute Gasteiger partial charge is 0.315 e. The molecule has 2 rings (SSSR count). The number of nitrogens with one attached hydrogen (secondary N) is 1. The third-order valence-corrected chi connectivity index (χ3v) is 5.91. The summed E-state index contributed by atoms with van der Waals surface area (Å²) in [5, 5.41) is 5.03. The van der Waals surface area contributed by atoms with Crippen LogP contribution in [0, 0.1) is 26.2 Å². The molecule has 4 heteroatoms. The molecule has 112 valence electrons. The molecule has 0 saturated heterocycles. The lowest BCUT2D eigenvalue weighted by molar-refractivity contribution is 0.182. The number of nitrogens with zero attached hydrogens (tertiary/aromatic N) is 2. The summed E-state index contributed by atoms with van der Waals surface area (Å²) >= 11 is 1.85. The summed E-state index contributed by atoms with van der Waals surface area (Å²) < 4.78 is 0. The van der Waals surface area contributed by atoms with Crippen molar-refractivity contribution in [2.24, 2.45) is 5.41 Å². The van der Waals surface area contributed by atoms with E-state index in [2.05, 4.69) is 57.0 Å². The normalized spacial score (nSPS) is 25.7. The van der Waals surface area contributed by atoms with E-state index in [4.69, 9.17) is 0 Å². The molecule has 2 unspecified atom stereocenters. The molecule has 1 aromatic heterocycles. The van der Waals surface area contributed by atoms with Gasteiger partial charge in [0.2, 0.25) is 0 Å². The van der Waals surface area contributed by atoms with Crippen LogP contribution in [0.15, 0.2) is 5.16 Å². The van der Waals surface area contributed by atoms with E-state index in [0.717, 1.165) is 16.5 Å². The van der Waals surface area contributed by atoms with Crippen molar-refractivity contribution >= 4 is 11.8 Å². The first-order valence-electron chi connectivity index (χ1n) is 7.51. The number of rotatable bonds is 3. The van der Waals surface area contributed by atoms with Gasteiger partial charge in [0.1, 0.15) is 0 Å². The Labute approximate surface area is 127 Å². The number of aromatic nitrogens is 2. The van der Waals surface area contributed by atoms with Gasteiger partial charge in [-0.2, -0.15) is 0 Å². The molecule has 0 amide bonds. The van der Waals surface area contributed by atoms with Crippen LogP contribution in [0.25, 0.3) is 0 Å². The van der Waals surface area contributed by atoms with Crippen molar-refractivity contribution in [2.75, 3.05) is 7.05 Å². The van der Waals surface area contributed by atoms with Gasteiger partial charge in [-0.1, -0.05) is 32.0 Å². The second-order valence-corrected chi connectivity index (χ2v) is 7.81. The average Bonchev–Trinajstić information content (AvgIpc) is 2.35. The zero-order valence-corrected chi connectivity index (χ0v) is 14.4. The van der Waals surface area contributed by atoms with Crippen LogP contribution in [-0.2, 0) is 0 Å². The van der Waals surface area contributed by atoms with E-state index < -0.39 is 0 Å². The lowest BCUT2D eigenvalue weighted by Crippen LogP contribution is -2.50. The standard InChI is InChI=1S/C16H27N3S/c1-10-11(2)18-15(19-12(10)3)20-13-8-7-9-16(4,5)14(13)17-6/h13-14,17H,7-9H2,1-6H3. The highest BCUT2D eigenvalue weighted by Crippen LogP contribution is 2.42. The summed E-state index contributed by atoms with van der Waals surface area (Å²) in [6.07, 6.45) is 3.84. The van der Waals surface area contributed by atoms with E-state index in [1.165, 1.54) is 24.8 Å². The van der Waals surface area contributed by atoms with Gasteiger partial charge >= 0.3 is 0 Å². The Morgan fingerprint density at radius 1 is 1.15 bits per heavy atom. The molecule has 3 nitrogen and oxygen atoms in total. The molecule has 0 radical (unpaired) electrons. The summed E-state index contributed by atoms with van der Waals surface area (Å²) in [6, 6.07) is 0.520. The SMILES string of the molecule is CNC1C(Sc2nc(C)c(C)c(C)n2)CCCC1(C)C. The zero-order chi connectivity index (χ0) is 14.9. The minimum atomic E-state index is 0.347. The fourth-order valence-electron chi connectivity index (χ4n) is 3.22. The van der Waals surface area contributed by atoms with Gasteiger partial charge in [0.05, 0.1) is 0 Å². The second kappa shape index (κ2) is 6.02. The van der Waals surface area contributed by atoms with Gasteiger partial charge in [-0.05, 0) is 51.6 Å². The van der Waals surface area contributed by atoms with Gasteiger partial charge in [-0.15, -0.1) is 0 Å². The molecule has 1 saturated carbocycles. The topological polar surface area (TPSA) is 37.8 Å². The Hall–Kier alpha value is -0.610. The van der Waals surface area contributed by atoms with Gasteiger partial charge in [-0.25, -0.2) is 9.97 Å². The summed E-state index contributed by atoms with van der Waals surface area (Å²) in [5.41, 5.74) is 3.77. The molecule has 1 N–H and O–H groups in total. The molecule has 0 spiro atoms. The number of hydrogen-bond donors (Lipinski definition) is 1. The molecule has 1 aromatic rings. The van der Waals surface area contributed by atoms with Crippen LogP contribution in [0.4, 0.5) is 0 Å². The quantitative estimate of drug-likeness (QED) is 0.863. The fourth-order valence-corrected chi connectivity index (χ4v) is 4.79. The van der Waals surface area contributed by atoms with Crippen LogP contribution in [0.3, 0.4) is 0 Å². The van der Waals surface area contributed by atoms with Crippen LogP contribution in [0.2, 0.25) is 0 Å². The van der Waals surface area contributed by atoms with E-state index in [9.17, 15) is 0 Å². The molecule has 1 aliphatic carbocycles. The lowest BCUT2D eigenvalue weighted by atomic mass is 9.73. The first kappa shape index (κ1) is 15.8. The van der Waals surface area contributed by atoms with E-state index in [-0.39, 0.29) is 0 Å². The summed E-state index contributed by atoms with van der Waals surface area (Å²) in [6.45, 7) is 11.0. The highest BCUT2D eigenvalue weighted by atomic mass is 32.2. The average molecular weight is 293 g/mol. The van der Waals surface area contributed by atoms with Gasteiger partial charge < -0.3 is 5.32 Å². The molecular weight excluding hydrogens is 266 g/mol. The minimum absolute atomic E-state index is 0.347. The predicted molar refractivity (Wildman–Crippen MR) is 86.4 cm³/mol. The molecule has 1 heterocycles. The molecule has 1 aliphatic rings. The summed E-state index contributed by atoms with van der Waals surface area (Å²) in [7, 11) is 2.08. The van der Waals surface area contributed by atoms with Crippen molar-refractivity contribution in [3.63, 3.8) is 0 Å². The van der Waals surface area contributed by atoms with Crippen LogP contribution in [-0.4, -0.2) is 28.3 Å². The van der Waals surface area contributed by atoms with Gasteiger partial charge in [-0.3, -0.25) is 0 Å². The van der Waals surface area contributed by atoms with E-state index >= 15 is 0 Å². The van der Waals surface area contributed by atoms with Crippen molar-refractivity contribution in [3.8, 4) is 0 Å². The monoisotopic (exact) mass is 293 g/mol. The number of thioether (sulfide) groups is 1. The van der Waals surface area contributed by atoms with Crippen molar-refractivity contribution in [1.82, 2.24) is 15.3 Å². The zero-order valence-electron chi connectivity index (χ0n) is 13.6. The maximum atomic E-state index is 4.67. The first-order chi connectivity index (χ1) is 9.35. The Kier molecular flexibility index (Phi) is 4.75.